The van der Waals surface area contributed by atoms with E-state index in [0.29, 0.717) is 12.3 Å². The van der Waals surface area contributed by atoms with E-state index in [1.54, 1.807) is 6.07 Å². The van der Waals surface area contributed by atoms with Crippen molar-refractivity contribution in [1.82, 2.24) is 10.0 Å². The van der Waals surface area contributed by atoms with Crippen molar-refractivity contribution in [2.75, 3.05) is 26.7 Å². The molecule has 5 nitrogen and oxygen atoms in total. The Labute approximate surface area is 136 Å². The van der Waals surface area contributed by atoms with Crippen molar-refractivity contribution in [1.29, 1.82) is 0 Å². The molecule has 0 saturated carbocycles. The van der Waals surface area contributed by atoms with E-state index in [4.69, 9.17) is 16.3 Å². The van der Waals surface area contributed by atoms with E-state index in [-0.39, 0.29) is 22.3 Å². The minimum atomic E-state index is -3.65. The minimum absolute atomic E-state index is 0. The lowest BCUT2D eigenvalue weighted by molar-refractivity contribution is 0.413. The van der Waals surface area contributed by atoms with Crippen molar-refractivity contribution in [3.05, 3.63) is 34.9 Å². The molecule has 21 heavy (non-hydrogen) atoms. The Morgan fingerprint density at radius 2 is 2.19 bits per heavy atom. The van der Waals surface area contributed by atoms with Crippen molar-refractivity contribution in [2.24, 2.45) is 0 Å². The second kappa shape index (κ2) is 8.00. The molecule has 0 aliphatic carbocycles. The number of methoxy groups -OCH3 is 1. The van der Waals surface area contributed by atoms with Crippen molar-refractivity contribution in [3.8, 4) is 5.75 Å². The van der Waals surface area contributed by atoms with Crippen LogP contribution < -0.4 is 14.8 Å². The smallest absolute Gasteiger partial charge is 0.242 e. The van der Waals surface area contributed by atoms with E-state index in [9.17, 15) is 8.42 Å². The maximum absolute atomic E-state index is 12.3. The van der Waals surface area contributed by atoms with Crippen LogP contribution in [0.5, 0.6) is 5.75 Å². The molecule has 1 heterocycles. The maximum atomic E-state index is 12.3. The number of hydrogen-bond acceptors (Lipinski definition) is 4. The van der Waals surface area contributed by atoms with Crippen LogP contribution in [0.4, 0.5) is 0 Å². The van der Waals surface area contributed by atoms with Gasteiger partial charge in [0, 0.05) is 19.2 Å². The first-order chi connectivity index (χ1) is 9.53. The second-order valence-corrected chi connectivity index (χ2v) is 6.58. The van der Waals surface area contributed by atoms with Crippen LogP contribution in [0, 0.1) is 0 Å². The molecule has 2 N–H and O–H groups in total. The van der Waals surface area contributed by atoms with E-state index in [2.05, 4.69) is 10.0 Å². The van der Waals surface area contributed by atoms with Gasteiger partial charge in [-0.3, -0.25) is 0 Å². The summed E-state index contributed by atoms with van der Waals surface area (Å²) in [6, 6.07) is 4.55. The molecule has 0 amide bonds. The number of sulfonamides is 1. The molecule has 118 valence electrons. The monoisotopic (exact) mass is 352 g/mol. The molecule has 0 fully saturated rings. The molecule has 0 saturated heterocycles. The number of rotatable bonds is 5. The van der Waals surface area contributed by atoms with Gasteiger partial charge in [0.25, 0.3) is 0 Å². The first-order valence-corrected chi connectivity index (χ1v) is 8.11. The molecule has 1 aromatic carbocycles. The molecule has 0 atom stereocenters. The summed E-state index contributed by atoms with van der Waals surface area (Å²) in [4.78, 5) is 0.0352. The Kier molecular flexibility index (Phi) is 6.96. The first-order valence-electron chi connectivity index (χ1n) is 6.25. The van der Waals surface area contributed by atoms with Gasteiger partial charge in [-0.15, -0.1) is 12.4 Å². The van der Waals surface area contributed by atoms with E-state index in [0.717, 1.165) is 25.1 Å². The zero-order valence-electron chi connectivity index (χ0n) is 11.6. The largest absolute Gasteiger partial charge is 0.497 e. The molecule has 1 aliphatic heterocycles. The molecule has 0 bridgehead atoms. The highest BCUT2D eigenvalue weighted by Gasteiger charge is 2.19. The van der Waals surface area contributed by atoms with Crippen LogP contribution in [0.3, 0.4) is 0 Å². The van der Waals surface area contributed by atoms with Crippen molar-refractivity contribution in [2.45, 2.75) is 11.3 Å². The van der Waals surface area contributed by atoms with Crippen LogP contribution in [0.15, 0.2) is 34.7 Å². The number of benzene rings is 1. The predicted molar refractivity (Wildman–Crippen MR) is 86.0 cm³/mol. The average Bonchev–Trinajstić information content (AvgIpc) is 2.47. The van der Waals surface area contributed by atoms with Gasteiger partial charge in [-0.2, -0.15) is 0 Å². The number of halogens is 2. The van der Waals surface area contributed by atoms with Crippen molar-refractivity contribution >= 4 is 34.0 Å². The summed E-state index contributed by atoms with van der Waals surface area (Å²) in [7, 11) is -2.17. The zero-order chi connectivity index (χ0) is 14.6. The molecule has 0 spiro atoms. The fourth-order valence-electron chi connectivity index (χ4n) is 1.91. The molecular weight excluding hydrogens is 335 g/mol. The summed E-state index contributed by atoms with van der Waals surface area (Å²) in [5.41, 5.74) is 1.08. The molecule has 0 aromatic heterocycles. The fourth-order valence-corrected chi connectivity index (χ4v) is 3.46. The molecule has 1 aliphatic rings. The highest BCUT2D eigenvalue weighted by Crippen LogP contribution is 2.26. The Morgan fingerprint density at radius 1 is 1.43 bits per heavy atom. The topological polar surface area (TPSA) is 67.4 Å². The van der Waals surface area contributed by atoms with E-state index in [1.807, 2.05) is 6.08 Å². The normalized spacial score (nSPS) is 15.0. The van der Waals surface area contributed by atoms with Crippen molar-refractivity contribution < 1.29 is 13.2 Å². The minimum Gasteiger partial charge on any atom is -0.497 e. The Hall–Kier alpha value is -0.790. The van der Waals surface area contributed by atoms with Gasteiger partial charge in [-0.05, 0) is 25.1 Å². The van der Waals surface area contributed by atoms with Crippen LogP contribution in [0.2, 0.25) is 5.02 Å². The molecule has 0 radical (unpaired) electrons. The Bertz CT molecular complexity index is 618. The summed E-state index contributed by atoms with van der Waals surface area (Å²) in [5, 5.41) is 3.35. The van der Waals surface area contributed by atoms with Crippen LogP contribution in [0.1, 0.15) is 6.42 Å². The van der Waals surface area contributed by atoms with E-state index in [1.165, 1.54) is 19.2 Å². The molecule has 2 rings (SSSR count). The average molecular weight is 353 g/mol. The van der Waals surface area contributed by atoms with Crippen LogP contribution >= 0.6 is 24.0 Å². The molecular formula is C13H18Cl2N2O3S. The fraction of sp³-hybridized carbons (Fsp3) is 0.385. The first kappa shape index (κ1) is 18.3. The second-order valence-electron chi connectivity index (χ2n) is 4.44. The maximum Gasteiger partial charge on any atom is 0.242 e. The van der Waals surface area contributed by atoms with Crippen LogP contribution in [-0.4, -0.2) is 35.2 Å². The SMILES string of the molecule is COc1ccc(Cl)c(S(=O)(=O)NCC2=CCNCC2)c1.Cl. The lowest BCUT2D eigenvalue weighted by Gasteiger charge is -2.15. The summed E-state index contributed by atoms with van der Waals surface area (Å²) < 4.78 is 32.1. The summed E-state index contributed by atoms with van der Waals surface area (Å²) in [5.74, 6) is 0.454. The molecule has 1 aromatic rings. The summed E-state index contributed by atoms with van der Waals surface area (Å²) >= 11 is 5.96. The molecule has 0 unspecified atom stereocenters. The van der Waals surface area contributed by atoms with Gasteiger partial charge in [0.15, 0.2) is 0 Å². The Morgan fingerprint density at radius 3 is 2.81 bits per heavy atom. The molecule has 8 heteroatoms. The van der Waals surface area contributed by atoms with Gasteiger partial charge in [0.2, 0.25) is 10.0 Å². The number of nitrogens with one attached hydrogen (secondary N) is 2. The highest BCUT2D eigenvalue weighted by atomic mass is 35.5. The van der Waals surface area contributed by atoms with E-state index < -0.39 is 10.0 Å². The van der Waals surface area contributed by atoms with Gasteiger partial charge in [-0.1, -0.05) is 23.3 Å². The van der Waals surface area contributed by atoms with Gasteiger partial charge < -0.3 is 10.1 Å². The Balaban J connectivity index is 0.00000220. The van der Waals surface area contributed by atoms with E-state index >= 15 is 0 Å². The van der Waals surface area contributed by atoms with Gasteiger partial charge in [-0.25, -0.2) is 13.1 Å². The quantitative estimate of drug-likeness (QED) is 0.795. The van der Waals surface area contributed by atoms with Crippen molar-refractivity contribution in [3.63, 3.8) is 0 Å². The number of ether oxygens (including phenoxy) is 1. The highest BCUT2D eigenvalue weighted by molar-refractivity contribution is 7.89. The van der Waals surface area contributed by atoms with Crippen LogP contribution in [0.25, 0.3) is 0 Å². The zero-order valence-corrected chi connectivity index (χ0v) is 13.9. The third-order valence-corrected chi connectivity index (χ3v) is 4.96. The van der Waals surface area contributed by atoms with Gasteiger partial charge >= 0.3 is 0 Å². The lowest BCUT2D eigenvalue weighted by atomic mass is 10.1. The van der Waals surface area contributed by atoms with Crippen LogP contribution in [-0.2, 0) is 10.0 Å². The third kappa shape index (κ3) is 4.86. The standard InChI is InChI=1S/C13H17ClN2O3S.ClH/c1-19-11-2-3-12(14)13(8-11)20(17,18)16-9-10-4-6-15-7-5-10;/h2-4,8,15-16H,5-7,9H2,1H3;1H. The predicted octanol–water partition coefficient (Wildman–Crippen LogP) is 1.97. The third-order valence-electron chi connectivity index (χ3n) is 3.08. The lowest BCUT2D eigenvalue weighted by Crippen LogP contribution is -2.29. The summed E-state index contributed by atoms with van der Waals surface area (Å²) in [6.45, 7) is 1.95. The van der Waals surface area contributed by atoms with Gasteiger partial charge in [0.05, 0.1) is 12.1 Å². The van der Waals surface area contributed by atoms with Gasteiger partial charge in [0.1, 0.15) is 10.6 Å². The number of hydrogen-bond donors (Lipinski definition) is 2. The summed E-state index contributed by atoms with van der Waals surface area (Å²) in [6.07, 6.45) is 2.84.